The van der Waals surface area contributed by atoms with Gasteiger partial charge >= 0.3 is 12.2 Å². The molecule has 3 aliphatic heterocycles. The number of hydrogen-bond acceptors (Lipinski definition) is 8. The van der Waals surface area contributed by atoms with E-state index < -0.39 is 17.7 Å². The molecule has 1 aliphatic carbocycles. The standard InChI is InChI=1S/C29H40F3N7O/c1-17-12-21-22(14-20(17)25-24(29(30,31)32)18(2)13-23(33)36-25)35-27(37-26(21)38(3)19-6-9-34-15-19)40-16-28-7-4-10-39(28)11-5-8-28/h13,17,19-20,34H,4-12,14-16H2,1-3H3,(H2,33,36)/t17-,19-,20-/m1/s1. The first-order chi connectivity index (χ1) is 19.1. The number of nitrogens with one attached hydrogen (secondary N) is 1. The summed E-state index contributed by atoms with van der Waals surface area (Å²) in [6.07, 6.45) is 1.94. The molecule has 0 unspecified atom stereocenters. The van der Waals surface area contributed by atoms with Gasteiger partial charge in [-0.1, -0.05) is 6.92 Å². The molecular weight excluding hydrogens is 519 g/mol. The second kappa shape index (κ2) is 10.3. The van der Waals surface area contributed by atoms with Crippen molar-refractivity contribution in [2.24, 2.45) is 5.92 Å². The number of aryl methyl sites for hydroxylation is 1. The molecule has 11 heteroatoms. The Balaban J connectivity index is 1.38. The fourth-order valence-corrected chi connectivity index (χ4v) is 7.63. The summed E-state index contributed by atoms with van der Waals surface area (Å²) in [5.41, 5.74) is 7.22. The molecule has 0 saturated carbocycles. The molecule has 0 aromatic carbocycles. The van der Waals surface area contributed by atoms with E-state index >= 15 is 0 Å². The Bertz CT molecular complexity index is 1250. The second-order valence-electron chi connectivity index (χ2n) is 12.3. The number of nitrogen functional groups attached to an aromatic ring is 1. The number of nitrogens with zero attached hydrogens (tertiary/aromatic N) is 5. The fraction of sp³-hybridized carbons (Fsp3) is 0.690. The molecule has 0 amide bonds. The molecule has 0 spiro atoms. The highest BCUT2D eigenvalue weighted by Gasteiger charge is 2.45. The zero-order valence-electron chi connectivity index (χ0n) is 23.7. The molecule has 218 valence electrons. The van der Waals surface area contributed by atoms with E-state index in [1.54, 1.807) is 0 Å². The van der Waals surface area contributed by atoms with Gasteiger partial charge in [0.25, 0.3) is 0 Å². The molecule has 8 nitrogen and oxygen atoms in total. The van der Waals surface area contributed by atoms with Gasteiger partial charge in [-0.15, -0.1) is 0 Å². The molecule has 2 aromatic heterocycles. The molecule has 40 heavy (non-hydrogen) atoms. The van der Waals surface area contributed by atoms with E-state index in [9.17, 15) is 13.2 Å². The average Bonchev–Trinajstić information content (AvgIpc) is 3.63. The monoisotopic (exact) mass is 559 g/mol. The Morgan fingerprint density at radius 1 is 1.18 bits per heavy atom. The Hall–Kier alpha value is -2.66. The number of halogens is 3. The number of alkyl halides is 3. The summed E-state index contributed by atoms with van der Waals surface area (Å²) >= 11 is 0. The van der Waals surface area contributed by atoms with E-state index in [2.05, 4.69) is 27.1 Å². The predicted octanol–water partition coefficient (Wildman–Crippen LogP) is 4.10. The van der Waals surface area contributed by atoms with Gasteiger partial charge in [-0.3, -0.25) is 4.90 Å². The van der Waals surface area contributed by atoms with Crippen molar-refractivity contribution in [2.45, 2.75) is 82.5 Å². The molecule has 0 bridgehead atoms. The minimum atomic E-state index is -4.52. The van der Waals surface area contributed by atoms with Crippen molar-refractivity contribution >= 4 is 11.6 Å². The number of anilines is 2. The smallest absolute Gasteiger partial charge is 0.418 e. The van der Waals surface area contributed by atoms with Gasteiger partial charge in [-0.05, 0) is 89.1 Å². The van der Waals surface area contributed by atoms with Gasteiger partial charge < -0.3 is 20.7 Å². The highest BCUT2D eigenvalue weighted by Crippen LogP contribution is 2.45. The van der Waals surface area contributed by atoms with Crippen LogP contribution in [0.3, 0.4) is 0 Å². The number of likely N-dealkylation sites (N-methyl/N-ethyl adjacent to an activating group) is 1. The molecule has 5 heterocycles. The predicted molar refractivity (Wildman–Crippen MR) is 148 cm³/mol. The number of rotatable bonds is 6. The van der Waals surface area contributed by atoms with Gasteiger partial charge in [0, 0.05) is 31.1 Å². The highest BCUT2D eigenvalue weighted by molar-refractivity contribution is 5.53. The molecule has 3 fully saturated rings. The maximum atomic E-state index is 14.2. The van der Waals surface area contributed by atoms with E-state index in [1.165, 1.54) is 25.8 Å². The lowest BCUT2D eigenvalue weighted by Crippen LogP contribution is -2.43. The van der Waals surface area contributed by atoms with Crippen molar-refractivity contribution in [1.29, 1.82) is 0 Å². The first-order valence-electron chi connectivity index (χ1n) is 14.6. The number of aromatic nitrogens is 3. The van der Waals surface area contributed by atoms with Crippen LogP contribution in [0.5, 0.6) is 6.01 Å². The number of nitrogens with two attached hydrogens (primary N) is 1. The zero-order chi connectivity index (χ0) is 28.2. The quantitative estimate of drug-likeness (QED) is 0.547. The van der Waals surface area contributed by atoms with Crippen LogP contribution in [0.4, 0.5) is 24.8 Å². The van der Waals surface area contributed by atoms with E-state index in [0.29, 0.717) is 25.5 Å². The fourth-order valence-electron chi connectivity index (χ4n) is 7.63. The molecule has 6 rings (SSSR count). The van der Waals surface area contributed by atoms with Crippen molar-refractivity contribution in [3.63, 3.8) is 0 Å². The zero-order valence-corrected chi connectivity index (χ0v) is 23.7. The summed E-state index contributed by atoms with van der Waals surface area (Å²) in [4.78, 5) is 18.8. The van der Waals surface area contributed by atoms with Crippen LogP contribution in [0, 0.1) is 12.8 Å². The number of ether oxygens (including phenoxy) is 1. The van der Waals surface area contributed by atoms with E-state index in [0.717, 1.165) is 62.5 Å². The number of fused-ring (bicyclic) bond motifs is 2. The van der Waals surface area contributed by atoms with E-state index in [4.69, 9.17) is 20.4 Å². The molecule has 3 N–H and O–H groups in total. The van der Waals surface area contributed by atoms with Crippen molar-refractivity contribution in [3.8, 4) is 6.01 Å². The van der Waals surface area contributed by atoms with Crippen LogP contribution < -0.4 is 20.7 Å². The summed E-state index contributed by atoms with van der Waals surface area (Å²) in [7, 11) is 2.06. The summed E-state index contributed by atoms with van der Waals surface area (Å²) in [5, 5.41) is 3.42. The molecule has 0 radical (unpaired) electrons. The van der Waals surface area contributed by atoms with Crippen LogP contribution >= 0.6 is 0 Å². The van der Waals surface area contributed by atoms with Gasteiger partial charge in [-0.2, -0.15) is 23.1 Å². The van der Waals surface area contributed by atoms with Gasteiger partial charge in [0.05, 0.1) is 22.5 Å². The van der Waals surface area contributed by atoms with Crippen LogP contribution in [0.25, 0.3) is 0 Å². The molecule has 3 atom stereocenters. The van der Waals surface area contributed by atoms with Crippen LogP contribution in [-0.2, 0) is 19.0 Å². The first kappa shape index (κ1) is 27.5. The van der Waals surface area contributed by atoms with E-state index in [1.807, 2.05) is 6.92 Å². The molecule has 4 aliphatic rings. The van der Waals surface area contributed by atoms with Crippen LogP contribution in [0.1, 0.15) is 73.0 Å². The van der Waals surface area contributed by atoms with E-state index in [-0.39, 0.29) is 34.6 Å². The Kier molecular flexibility index (Phi) is 7.09. The third kappa shape index (κ3) is 4.89. The van der Waals surface area contributed by atoms with Gasteiger partial charge in [0.2, 0.25) is 0 Å². The van der Waals surface area contributed by atoms with Crippen LogP contribution in [0.15, 0.2) is 6.07 Å². The SMILES string of the molecule is Cc1cc(N)nc([C@@H]2Cc3nc(OCC45CCCN4CCC5)nc(N(C)[C@@H]4CCNC4)c3C[C@H]2C)c1C(F)(F)F. The van der Waals surface area contributed by atoms with Crippen LogP contribution in [-0.4, -0.2) is 71.3 Å². The third-order valence-electron chi connectivity index (χ3n) is 9.77. The summed E-state index contributed by atoms with van der Waals surface area (Å²) < 4.78 is 49.1. The topological polar surface area (TPSA) is 92.4 Å². The Morgan fingerprint density at radius 2 is 1.93 bits per heavy atom. The lowest BCUT2D eigenvalue weighted by molar-refractivity contribution is -0.139. The summed E-state index contributed by atoms with van der Waals surface area (Å²) in [5.74, 6) is 0.366. The summed E-state index contributed by atoms with van der Waals surface area (Å²) in [6, 6.07) is 1.91. The summed E-state index contributed by atoms with van der Waals surface area (Å²) in [6.45, 7) is 8.00. The highest BCUT2D eigenvalue weighted by atomic mass is 19.4. The number of hydrogen-bond donors (Lipinski definition) is 2. The molecular formula is C29H40F3N7O. The normalized spacial score (nSPS) is 26.1. The lowest BCUT2D eigenvalue weighted by Gasteiger charge is -2.36. The average molecular weight is 560 g/mol. The minimum Gasteiger partial charge on any atom is -0.461 e. The number of pyridine rings is 1. The van der Waals surface area contributed by atoms with Crippen molar-refractivity contribution in [1.82, 2.24) is 25.2 Å². The second-order valence-corrected chi connectivity index (χ2v) is 12.3. The van der Waals surface area contributed by atoms with Crippen molar-refractivity contribution in [2.75, 3.05) is 50.5 Å². The molecule has 2 aromatic rings. The lowest BCUT2D eigenvalue weighted by atomic mass is 9.75. The van der Waals surface area contributed by atoms with Gasteiger partial charge in [-0.25, -0.2) is 4.98 Å². The Labute approximate surface area is 233 Å². The molecule has 3 saturated heterocycles. The Morgan fingerprint density at radius 3 is 2.60 bits per heavy atom. The third-order valence-corrected chi connectivity index (χ3v) is 9.77. The van der Waals surface area contributed by atoms with Crippen molar-refractivity contribution < 1.29 is 17.9 Å². The minimum absolute atomic E-state index is 0.0190. The first-order valence-corrected chi connectivity index (χ1v) is 14.6. The van der Waals surface area contributed by atoms with Crippen molar-refractivity contribution in [3.05, 3.63) is 34.1 Å². The maximum Gasteiger partial charge on any atom is 0.418 e. The van der Waals surface area contributed by atoms with Gasteiger partial charge in [0.15, 0.2) is 0 Å². The largest absolute Gasteiger partial charge is 0.461 e. The van der Waals surface area contributed by atoms with Gasteiger partial charge in [0.1, 0.15) is 18.2 Å². The maximum absolute atomic E-state index is 14.2. The van der Waals surface area contributed by atoms with Crippen LogP contribution in [0.2, 0.25) is 0 Å².